The molecule has 0 unspecified atom stereocenters. The van der Waals surface area contributed by atoms with Crippen molar-refractivity contribution in [3.8, 4) is 5.82 Å². The molecule has 1 fully saturated rings. The van der Waals surface area contributed by atoms with Gasteiger partial charge in [-0.15, -0.1) is 0 Å². The molecule has 134 valence electrons. The number of pyridine rings is 2. The van der Waals surface area contributed by atoms with Crippen LogP contribution in [0.3, 0.4) is 0 Å². The molecule has 1 aliphatic rings. The maximum atomic E-state index is 14.3. The van der Waals surface area contributed by atoms with E-state index in [0.29, 0.717) is 23.2 Å². The minimum Gasteiger partial charge on any atom is -0.311 e. The third kappa shape index (κ3) is 3.05. The van der Waals surface area contributed by atoms with Crippen LogP contribution in [0.5, 0.6) is 0 Å². The molecule has 4 rings (SSSR count). The normalized spacial score (nSPS) is 14.6. The number of carbonyl (C=O) groups excluding carboxylic acids is 1. The van der Waals surface area contributed by atoms with E-state index in [1.807, 2.05) is 0 Å². The van der Waals surface area contributed by atoms with Crippen LogP contribution in [-0.2, 0) is 10.5 Å². The van der Waals surface area contributed by atoms with Gasteiger partial charge in [-0.2, -0.15) is 5.10 Å². The number of nitrogens with zero attached hydrogens (tertiary/aromatic N) is 4. The Morgan fingerprint density at radius 2 is 2.12 bits per heavy atom. The number of carbonyl (C=O) groups is 1. The Hall–Kier alpha value is -2.83. The summed E-state index contributed by atoms with van der Waals surface area (Å²) in [6.07, 6.45) is 3.94. The molecule has 3 aromatic heterocycles. The molecule has 0 bridgehead atoms. The van der Waals surface area contributed by atoms with Crippen molar-refractivity contribution in [1.82, 2.24) is 19.7 Å². The summed E-state index contributed by atoms with van der Waals surface area (Å²) in [6.45, 7) is 4.40. The first-order chi connectivity index (χ1) is 12.3. The summed E-state index contributed by atoms with van der Waals surface area (Å²) in [4.78, 5) is 20.1. The predicted molar refractivity (Wildman–Crippen MR) is 97.1 cm³/mol. The first kappa shape index (κ1) is 16.6. The van der Waals surface area contributed by atoms with Gasteiger partial charge in [-0.3, -0.25) is 4.79 Å². The number of alkyl halides is 1. The van der Waals surface area contributed by atoms with E-state index in [0.717, 1.165) is 29.4 Å². The fourth-order valence-electron chi connectivity index (χ4n) is 2.99. The molecule has 3 aromatic rings. The van der Waals surface area contributed by atoms with Gasteiger partial charge in [0.15, 0.2) is 5.82 Å². The van der Waals surface area contributed by atoms with E-state index in [1.165, 1.54) is 20.8 Å². The van der Waals surface area contributed by atoms with Crippen LogP contribution in [0.15, 0.2) is 30.5 Å². The molecule has 0 saturated heterocycles. The number of nitrogens with one attached hydrogen (secondary N) is 1. The lowest BCUT2D eigenvalue weighted by Crippen LogP contribution is -2.13. The van der Waals surface area contributed by atoms with Gasteiger partial charge < -0.3 is 5.32 Å². The number of fused-ring (bicyclic) bond motifs is 1. The summed E-state index contributed by atoms with van der Waals surface area (Å²) in [5, 5.41) is 8.38. The summed E-state index contributed by atoms with van der Waals surface area (Å²) in [5.74, 6) is 1.23. The molecule has 0 aliphatic heterocycles. The first-order valence-electron chi connectivity index (χ1n) is 8.66. The Kier molecular flexibility index (Phi) is 3.75. The number of amides is 1. The Morgan fingerprint density at radius 3 is 2.77 bits per heavy atom. The van der Waals surface area contributed by atoms with Crippen LogP contribution in [0.4, 0.5) is 10.2 Å². The second-order valence-corrected chi connectivity index (χ2v) is 7.19. The monoisotopic (exact) mass is 353 g/mol. The Bertz CT molecular complexity index is 1000. The van der Waals surface area contributed by atoms with Crippen LogP contribution in [0.1, 0.15) is 50.9 Å². The Labute approximate surface area is 150 Å². The van der Waals surface area contributed by atoms with Crippen molar-refractivity contribution < 1.29 is 9.18 Å². The van der Waals surface area contributed by atoms with Crippen molar-refractivity contribution in [3.05, 3.63) is 41.9 Å². The summed E-state index contributed by atoms with van der Waals surface area (Å²) in [5.41, 5.74) is 0.588. The van der Waals surface area contributed by atoms with E-state index < -0.39 is 5.67 Å². The molecular formula is C19H20FN5O. The molecule has 7 heteroatoms. The van der Waals surface area contributed by atoms with Gasteiger partial charge in [0.2, 0.25) is 5.91 Å². The molecule has 1 saturated carbocycles. The summed E-state index contributed by atoms with van der Waals surface area (Å²) in [7, 11) is 0. The van der Waals surface area contributed by atoms with Gasteiger partial charge in [0.05, 0.1) is 16.9 Å². The lowest BCUT2D eigenvalue weighted by molar-refractivity contribution is -0.114. The third-order valence-corrected chi connectivity index (χ3v) is 4.42. The molecule has 6 nitrogen and oxygen atoms in total. The summed E-state index contributed by atoms with van der Waals surface area (Å²) >= 11 is 0. The van der Waals surface area contributed by atoms with Gasteiger partial charge in [0.25, 0.3) is 0 Å². The number of halogens is 1. The zero-order chi connectivity index (χ0) is 18.5. The highest BCUT2D eigenvalue weighted by Gasteiger charge is 2.30. The Balaban J connectivity index is 1.89. The van der Waals surface area contributed by atoms with E-state index in [9.17, 15) is 9.18 Å². The lowest BCUT2D eigenvalue weighted by atomic mass is 10.1. The number of aromatic nitrogens is 4. The average molecular weight is 353 g/mol. The van der Waals surface area contributed by atoms with Crippen molar-refractivity contribution in [2.75, 3.05) is 5.32 Å². The molecule has 0 aromatic carbocycles. The van der Waals surface area contributed by atoms with Crippen molar-refractivity contribution in [2.24, 2.45) is 0 Å². The van der Waals surface area contributed by atoms with E-state index in [1.54, 1.807) is 35.1 Å². The number of hydrogen-bond donors (Lipinski definition) is 1. The molecule has 26 heavy (non-hydrogen) atoms. The maximum Gasteiger partial charge on any atom is 0.222 e. The smallest absolute Gasteiger partial charge is 0.222 e. The van der Waals surface area contributed by atoms with Crippen LogP contribution in [-0.4, -0.2) is 25.7 Å². The maximum absolute atomic E-state index is 14.3. The zero-order valence-corrected chi connectivity index (χ0v) is 15.0. The van der Waals surface area contributed by atoms with E-state index in [-0.39, 0.29) is 5.91 Å². The predicted octanol–water partition coefficient (Wildman–Crippen LogP) is 3.86. The van der Waals surface area contributed by atoms with Crippen LogP contribution in [0.2, 0.25) is 0 Å². The highest BCUT2D eigenvalue weighted by molar-refractivity contribution is 5.91. The van der Waals surface area contributed by atoms with Crippen molar-refractivity contribution >= 4 is 22.6 Å². The summed E-state index contributed by atoms with van der Waals surface area (Å²) in [6, 6.07) is 7.03. The SMILES string of the molecule is CC(=O)Nc1cc2c(cn1)c(C1CC1)nn2-c1cccc(C(C)(C)F)n1. The van der Waals surface area contributed by atoms with Gasteiger partial charge in [-0.25, -0.2) is 19.0 Å². The van der Waals surface area contributed by atoms with Crippen LogP contribution >= 0.6 is 0 Å². The Morgan fingerprint density at radius 1 is 1.35 bits per heavy atom. The number of anilines is 1. The van der Waals surface area contributed by atoms with Gasteiger partial charge in [0.1, 0.15) is 11.5 Å². The van der Waals surface area contributed by atoms with Crippen molar-refractivity contribution in [1.29, 1.82) is 0 Å². The second-order valence-electron chi connectivity index (χ2n) is 7.19. The van der Waals surface area contributed by atoms with Gasteiger partial charge in [0, 0.05) is 30.5 Å². The van der Waals surface area contributed by atoms with Crippen molar-refractivity contribution in [3.63, 3.8) is 0 Å². The lowest BCUT2D eigenvalue weighted by Gasteiger charge is -2.14. The van der Waals surface area contributed by atoms with Crippen LogP contribution in [0.25, 0.3) is 16.7 Å². The molecule has 3 heterocycles. The summed E-state index contributed by atoms with van der Waals surface area (Å²) < 4.78 is 16.0. The van der Waals surface area contributed by atoms with E-state index in [2.05, 4.69) is 15.3 Å². The average Bonchev–Trinajstić information content (AvgIpc) is 3.35. The van der Waals surface area contributed by atoms with Crippen LogP contribution in [0, 0.1) is 0 Å². The largest absolute Gasteiger partial charge is 0.311 e. The molecule has 0 radical (unpaired) electrons. The van der Waals surface area contributed by atoms with E-state index >= 15 is 0 Å². The first-order valence-corrected chi connectivity index (χ1v) is 8.66. The van der Waals surface area contributed by atoms with Gasteiger partial charge in [-0.05, 0) is 38.8 Å². The van der Waals surface area contributed by atoms with Crippen LogP contribution < -0.4 is 5.32 Å². The second kappa shape index (κ2) is 5.86. The van der Waals surface area contributed by atoms with E-state index in [4.69, 9.17) is 5.10 Å². The molecule has 1 N–H and O–H groups in total. The number of rotatable bonds is 4. The highest BCUT2D eigenvalue weighted by atomic mass is 19.1. The third-order valence-electron chi connectivity index (χ3n) is 4.42. The molecule has 1 aliphatic carbocycles. The topological polar surface area (TPSA) is 72.7 Å². The molecular weight excluding hydrogens is 333 g/mol. The molecule has 0 spiro atoms. The quantitative estimate of drug-likeness (QED) is 0.773. The fourth-order valence-corrected chi connectivity index (χ4v) is 2.99. The van der Waals surface area contributed by atoms with Crippen molar-refractivity contribution in [2.45, 2.75) is 45.2 Å². The minimum atomic E-state index is -1.54. The van der Waals surface area contributed by atoms with Gasteiger partial charge in [-0.1, -0.05) is 6.07 Å². The number of hydrogen-bond acceptors (Lipinski definition) is 4. The minimum absolute atomic E-state index is 0.190. The standard InChI is InChI=1S/C19H20FN5O/c1-11(26)22-16-9-14-13(10-21-16)18(12-7-8-12)24-25(14)17-6-4-5-15(23-17)19(2,3)20/h4-6,9-10,12H,7-8H2,1-3H3,(H,21,22,26). The zero-order valence-electron chi connectivity index (χ0n) is 15.0. The molecule has 0 atom stereocenters. The van der Waals surface area contributed by atoms with Gasteiger partial charge >= 0.3 is 0 Å². The fraction of sp³-hybridized carbons (Fsp3) is 0.368. The highest BCUT2D eigenvalue weighted by Crippen LogP contribution is 2.43. The molecule has 1 amide bonds.